The van der Waals surface area contributed by atoms with Crippen molar-refractivity contribution in [1.29, 1.82) is 0 Å². The standard InChI is InChI=1S/C24H24N4O6/c1-13(29)20(23(31)32)26-22(30)18-11-25-28(2)21(18)27-24(33)34-12-19-16-9-5-3-7-14(16)15-8-4-6-10-17(15)19/h3-11,13,19-20,29H,12H2,1-2H3,(H,26,30)(H,27,33)(H,31,32). The fraction of sp³-hybridized carbons (Fsp3) is 0.250. The number of ether oxygens (including phenoxy) is 1. The highest BCUT2D eigenvalue weighted by molar-refractivity contribution is 6.03. The number of nitrogens with zero attached hydrogens (tertiary/aromatic N) is 2. The summed E-state index contributed by atoms with van der Waals surface area (Å²) in [5.41, 5.74) is 4.26. The van der Waals surface area contributed by atoms with Crippen molar-refractivity contribution in [2.45, 2.75) is 25.0 Å². The topological polar surface area (TPSA) is 143 Å². The summed E-state index contributed by atoms with van der Waals surface area (Å²) in [7, 11) is 1.51. The van der Waals surface area contributed by atoms with Crippen LogP contribution < -0.4 is 10.6 Å². The molecule has 0 spiro atoms. The van der Waals surface area contributed by atoms with E-state index in [2.05, 4.69) is 15.7 Å². The van der Waals surface area contributed by atoms with E-state index in [1.54, 1.807) is 0 Å². The highest BCUT2D eigenvalue weighted by Crippen LogP contribution is 2.44. The molecule has 1 aliphatic rings. The highest BCUT2D eigenvalue weighted by atomic mass is 16.5. The maximum absolute atomic E-state index is 12.6. The van der Waals surface area contributed by atoms with Crippen LogP contribution in [-0.2, 0) is 16.6 Å². The first-order chi connectivity index (χ1) is 16.3. The van der Waals surface area contributed by atoms with E-state index in [0.29, 0.717) is 0 Å². The number of carbonyl (C=O) groups excluding carboxylic acids is 2. The SMILES string of the molecule is CC(O)C(NC(=O)c1cnn(C)c1NC(=O)OCC1c2ccccc2-c2ccccc21)C(=O)O. The van der Waals surface area contributed by atoms with E-state index < -0.39 is 30.1 Å². The van der Waals surface area contributed by atoms with Crippen molar-refractivity contribution >= 4 is 23.8 Å². The molecule has 0 saturated heterocycles. The Morgan fingerprint density at radius 3 is 2.24 bits per heavy atom. The van der Waals surface area contributed by atoms with Gasteiger partial charge in [-0.1, -0.05) is 48.5 Å². The lowest BCUT2D eigenvalue weighted by molar-refractivity contribution is -0.141. The Balaban J connectivity index is 1.46. The number of fused-ring (bicyclic) bond motifs is 3. The first kappa shape index (κ1) is 23.0. The van der Waals surface area contributed by atoms with Gasteiger partial charge in [-0.2, -0.15) is 5.10 Å². The van der Waals surface area contributed by atoms with Crippen molar-refractivity contribution in [2.75, 3.05) is 11.9 Å². The van der Waals surface area contributed by atoms with Gasteiger partial charge in [-0.15, -0.1) is 0 Å². The van der Waals surface area contributed by atoms with Crippen LogP contribution in [0, 0.1) is 0 Å². The van der Waals surface area contributed by atoms with Gasteiger partial charge in [0, 0.05) is 13.0 Å². The molecule has 2 unspecified atom stereocenters. The van der Waals surface area contributed by atoms with Gasteiger partial charge in [0.1, 0.15) is 18.0 Å². The third kappa shape index (κ3) is 4.35. The van der Waals surface area contributed by atoms with Gasteiger partial charge in [-0.05, 0) is 29.2 Å². The van der Waals surface area contributed by atoms with Gasteiger partial charge in [0.05, 0.1) is 12.3 Å². The van der Waals surface area contributed by atoms with Gasteiger partial charge in [0.2, 0.25) is 0 Å². The number of carbonyl (C=O) groups is 3. The number of nitrogens with one attached hydrogen (secondary N) is 2. The number of aliphatic carboxylic acids is 1. The molecular weight excluding hydrogens is 440 g/mol. The summed E-state index contributed by atoms with van der Waals surface area (Å²) >= 11 is 0. The molecule has 4 N–H and O–H groups in total. The third-order valence-electron chi connectivity index (χ3n) is 5.78. The van der Waals surface area contributed by atoms with Crippen LogP contribution in [0.2, 0.25) is 0 Å². The molecule has 0 fully saturated rings. The molecule has 10 heteroatoms. The zero-order valence-corrected chi connectivity index (χ0v) is 18.6. The lowest BCUT2D eigenvalue weighted by Crippen LogP contribution is -2.47. The molecule has 10 nitrogen and oxygen atoms in total. The van der Waals surface area contributed by atoms with E-state index in [0.717, 1.165) is 22.3 Å². The predicted octanol–water partition coefficient (Wildman–Crippen LogP) is 2.34. The van der Waals surface area contributed by atoms with Gasteiger partial charge in [0.25, 0.3) is 5.91 Å². The summed E-state index contributed by atoms with van der Waals surface area (Å²) in [4.78, 5) is 36.5. The molecule has 0 saturated carbocycles. The first-order valence-corrected chi connectivity index (χ1v) is 10.6. The van der Waals surface area contributed by atoms with Crippen molar-refractivity contribution < 1.29 is 29.3 Å². The van der Waals surface area contributed by atoms with E-state index in [-0.39, 0.29) is 23.9 Å². The summed E-state index contributed by atoms with van der Waals surface area (Å²) in [6, 6.07) is 14.4. The van der Waals surface area contributed by atoms with Crippen LogP contribution in [0.25, 0.3) is 11.1 Å². The van der Waals surface area contributed by atoms with Crippen LogP contribution in [0.5, 0.6) is 0 Å². The minimum atomic E-state index is -1.52. The van der Waals surface area contributed by atoms with E-state index in [1.807, 2.05) is 48.5 Å². The molecule has 0 bridgehead atoms. The zero-order chi connectivity index (χ0) is 24.4. The van der Waals surface area contributed by atoms with Crippen molar-refractivity contribution in [1.82, 2.24) is 15.1 Å². The average Bonchev–Trinajstić information content (AvgIpc) is 3.33. The van der Waals surface area contributed by atoms with Crippen LogP contribution in [0.1, 0.15) is 34.3 Å². The van der Waals surface area contributed by atoms with Crippen LogP contribution in [0.15, 0.2) is 54.7 Å². The molecule has 1 aliphatic carbocycles. The summed E-state index contributed by atoms with van der Waals surface area (Å²) in [5, 5.41) is 27.5. The Labute approximate surface area is 195 Å². The smallest absolute Gasteiger partial charge is 0.412 e. The highest BCUT2D eigenvalue weighted by Gasteiger charge is 2.30. The van der Waals surface area contributed by atoms with Gasteiger partial charge >= 0.3 is 12.1 Å². The molecule has 1 heterocycles. The number of aromatic nitrogens is 2. The lowest BCUT2D eigenvalue weighted by atomic mass is 9.98. The molecule has 176 valence electrons. The Morgan fingerprint density at radius 2 is 1.68 bits per heavy atom. The maximum atomic E-state index is 12.6. The van der Waals surface area contributed by atoms with E-state index >= 15 is 0 Å². The number of hydrogen-bond acceptors (Lipinski definition) is 6. The molecule has 34 heavy (non-hydrogen) atoms. The van der Waals surface area contributed by atoms with Crippen LogP contribution >= 0.6 is 0 Å². The Bertz CT molecular complexity index is 1210. The number of benzene rings is 2. The largest absolute Gasteiger partial charge is 0.480 e. The maximum Gasteiger partial charge on any atom is 0.412 e. The number of aliphatic hydroxyl groups excluding tert-OH is 1. The Kier molecular flexibility index (Phi) is 6.33. The second kappa shape index (κ2) is 9.36. The van der Waals surface area contributed by atoms with Crippen molar-refractivity contribution in [3.05, 3.63) is 71.4 Å². The van der Waals surface area contributed by atoms with Crippen LogP contribution in [0.3, 0.4) is 0 Å². The summed E-state index contributed by atoms with van der Waals surface area (Å²) in [6.45, 7) is 1.33. The van der Waals surface area contributed by atoms with Crippen molar-refractivity contribution in [2.24, 2.45) is 7.05 Å². The number of amides is 2. The number of anilines is 1. The minimum absolute atomic E-state index is 0.0319. The van der Waals surface area contributed by atoms with Crippen LogP contribution in [-0.4, -0.2) is 56.7 Å². The van der Waals surface area contributed by atoms with E-state index in [1.165, 1.54) is 24.9 Å². The number of hydrogen-bond donors (Lipinski definition) is 4. The molecule has 2 atom stereocenters. The second-order valence-electron chi connectivity index (χ2n) is 8.01. The molecule has 2 amide bonds. The average molecular weight is 464 g/mol. The van der Waals surface area contributed by atoms with Crippen LogP contribution in [0.4, 0.5) is 10.6 Å². The van der Waals surface area contributed by atoms with Crippen molar-refractivity contribution in [3.8, 4) is 11.1 Å². The predicted molar refractivity (Wildman–Crippen MR) is 122 cm³/mol. The lowest BCUT2D eigenvalue weighted by Gasteiger charge is -2.17. The fourth-order valence-electron chi connectivity index (χ4n) is 4.09. The Hall–Kier alpha value is -4.18. The molecule has 0 radical (unpaired) electrons. The molecule has 0 aliphatic heterocycles. The van der Waals surface area contributed by atoms with Gasteiger partial charge in [-0.3, -0.25) is 14.8 Å². The normalized spacial score (nSPS) is 14.0. The van der Waals surface area contributed by atoms with Gasteiger partial charge in [-0.25, -0.2) is 9.59 Å². The molecule has 4 rings (SSSR count). The number of aryl methyl sites for hydroxylation is 1. The minimum Gasteiger partial charge on any atom is -0.480 e. The summed E-state index contributed by atoms with van der Waals surface area (Å²) in [5.74, 6) is -2.30. The summed E-state index contributed by atoms with van der Waals surface area (Å²) < 4.78 is 6.76. The molecule has 2 aromatic carbocycles. The number of aliphatic hydroxyl groups is 1. The zero-order valence-electron chi connectivity index (χ0n) is 18.6. The number of rotatable bonds is 7. The molecule has 1 aromatic heterocycles. The van der Waals surface area contributed by atoms with Gasteiger partial charge < -0.3 is 20.3 Å². The van der Waals surface area contributed by atoms with Gasteiger partial charge in [0.15, 0.2) is 6.04 Å². The quantitative estimate of drug-likeness (QED) is 0.420. The Morgan fingerprint density at radius 1 is 1.09 bits per heavy atom. The third-order valence-corrected chi connectivity index (χ3v) is 5.78. The monoisotopic (exact) mass is 464 g/mol. The molecule has 3 aromatic rings. The number of carboxylic acid groups (broad SMARTS) is 1. The first-order valence-electron chi connectivity index (χ1n) is 10.6. The molecular formula is C24H24N4O6. The van der Waals surface area contributed by atoms with E-state index in [4.69, 9.17) is 4.74 Å². The fourth-order valence-corrected chi connectivity index (χ4v) is 4.09. The second-order valence-corrected chi connectivity index (χ2v) is 8.01. The van der Waals surface area contributed by atoms with E-state index in [9.17, 15) is 24.6 Å². The summed E-state index contributed by atoms with van der Waals surface area (Å²) in [6.07, 6.45) is -0.920. The number of carboxylic acids is 1. The van der Waals surface area contributed by atoms with Crippen molar-refractivity contribution in [3.63, 3.8) is 0 Å².